The minimum Gasteiger partial charge on any atom is -0.320 e. The summed E-state index contributed by atoms with van der Waals surface area (Å²) in [6.07, 6.45) is 3.35. The summed E-state index contributed by atoms with van der Waals surface area (Å²) < 4.78 is 0. The molecule has 0 aliphatic rings. The number of carbonyl (C=O) groups excluding carboxylic acids is 2. The summed E-state index contributed by atoms with van der Waals surface area (Å²) in [7, 11) is 0. The Morgan fingerprint density at radius 3 is 2.34 bits per heavy atom. The van der Waals surface area contributed by atoms with Crippen molar-refractivity contribution < 1.29 is 9.59 Å². The van der Waals surface area contributed by atoms with E-state index < -0.39 is 5.91 Å². The van der Waals surface area contributed by atoms with Crippen LogP contribution in [0.3, 0.4) is 0 Å². The molecule has 3 N–H and O–H groups in total. The van der Waals surface area contributed by atoms with Crippen LogP contribution in [0.5, 0.6) is 0 Å². The zero-order chi connectivity index (χ0) is 22.5. The number of anilines is 2. The van der Waals surface area contributed by atoms with Crippen LogP contribution in [0.2, 0.25) is 10.0 Å². The van der Waals surface area contributed by atoms with Crippen molar-refractivity contribution in [2.45, 2.75) is 6.42 Å². The molecule has 4 aromatic rings. The molecule has 2 heterocycles. The fourth-order valence-corrected chi connectivity index (χ4v) is 3.70. The number of nitrogens with one attached hydrogen (secondary N) is 3. The molecule has 2 aromatic carbocycles. The Hall–Kier alpha value is -3.68. The number of aromatic nitrogens is 2. The zero-order valence-corrected chi connectivity index (χ0v) is 18.1. The van der Waals surface area contributed by atoms with Crippen molar-refractivity contribution in [3.63, 3.8) is 0 Å². The van der Waals surface area contributed by atoms with Gasteiger partial charge in [0.2, 0.25) is 5.91 Å². The van der Waals surface area contributed by atoms with Crippen molar-refractivity contribution in [2.75, 3.05) is 10.7 Å². The van der Waals surface area contributed by atoms with Gasteiger partial charge in [0.25, 0.3) is 5.91 Å². The van der Waals surface area contributed by atoms with Crippen LogP contribution in [0.25, 0.3) is 10.9 Å². The lowest BCUT2D eigenvalue weighted by molar-refractivity contribution is -0.120. The van der Waals surface area contributed by atoms with E-state index in [0.717, 1.165) is 0 Å². The number of para-hydroxylation sites is 1. The van der Waals surface area contributed by atoms with E-state index in [9.17, 15) is 9.59 Å². The fourth-order valence-electron chi connectivity index (χ4n) is 3.13. The third-order valence-electron chi connectivity index (χ3n) is 4.61. The summed E-state index contributed by atoms with van der Waals surface area (Å²) in [5.74, 6) is -0.691. The van der Waals surface area contributed by atoms with Gasteiger partial charge in [-0.2, -0.15) is 0 Å². The summed E-state index contributed by atoms with van der Waals surface area (Å²) in [5, 5.41) is 4.02. The van der Waals surface area contributed by atoms with Crippen LogP contribution in [-0.4, -0.2) is 21.8 Å². The first-order chi connectivity index (χ1) is 15.5. The SMILES string of the molecule is O=C(Cc1ccccn1)NNc1ccnc2c(NC(=O)c3c(Cl)cccc3Cl)cccc12. The predicted octanol–water partition coefficient (Wildman–Crippen LogP) is 4.87. The number of nitrogens with zero attached hydrogens (tertiary/aromatic N) is 2. The standard InChI is InChI=1S/C23H17Cl2N5O2/c24-16-7-4-8-17(25)21(16)23(32)28-19-9-3-6-15-18(10-12-27-22(15)19)29-30-20(31)13-14-5-1-2-11-26-14/h1-12H,13H2,(H,27,29)(H,28,32)(H,30,31). The Bertz CT molecular complexity index is 1280. The second kappa shape index (κ2) is 9.64. The normalized spacial score (nSPS) is 10.6. The van der Waals surface area contributed by atoms with Gasteiger partial charge in [0.1, 0.15) is 0 Å². The highest BCUT2D eigenvalue weighted by Gasteiger charge is 2.16. The highest BCUT2D eigenvalue weighted by atomic mass is 35.5. The van der Waals surface area contributed by atoms with Gasteiger partial charge in [0.05, 0.1) is 38.9 Å². The maximum Gasteiger partial charge on any atom is 0.258 e. The molecule has 0 aliphatic heterocycles. The molecule has 0 atom stereocenters. The Balaban J connectivity index is 1.54. The number of hydrazine groups is 1. The molecule has 7 nitrogen and oxygen atoms in total. The molecule has 32 heavy (non-hydrogen) atoms. The smallest absolute Gasteiger partial charge is 0.258 e. The summed E-state index contributed by atoms with van der Waals surface area (Å²) in [4.78, 5) is 33.6. The van der Waals surface area contributed by atoms with Gasteiger partial charge in [-0.25, -0.2) is 0 Å². The number of hydrogen-bond acceptors (Lipinski definition) is 5. The zero-order valence-electron chi connectivity index (χ0n) is 16.6. The lowest BCUT2D eigenvalue weighted by atomic mass is 10.1. The average molecular weight is 466 g/mol. The largest absolute Gasteiger partial charge is 0.320 e. The maximum atomic E-state index is 12.8. The van der Waals surface area contributed by atoms with Crippen LogP contribution < -0.4 is 16.2 Å². The summed E-state index contributed by atoms with van der Waals surface area (Å²) in [6.45, 7) is 0. The number of benzene rings is 2. The highest BCUT2D eigenvalue weighted by molar-refractivity contribution is 6.40. The van der Waals surface area contributed by atoms with Crippen molar-refractivity contribution in [2.24, 2.45) is 0 Å². The first-order valence-electron chi connectivity index (χ1n) is 9.61. The molecule has 2 aromatic heterocycles. The van der Waals surface area contributed by atoms with Crippen molar-refractivity contribution in [3.8, 4) is 0 Å². The second-order valence-electron chi connectivity index (χ2n) is 6.78. The number of hydrogen-bond donors (Lipinski definition) is 3. The molecule has 4 rings (SSSR count). The summed E-state index contributed by atoms with van der Waals surface area (Å²) in [6, 6.07) is 17.3. The van der Waals surface area contributed by atoms with Crippen LogP contribution in [-0.2, 0) is 11.2 Å². The van der Waals surface area contributed by atoms with Gasteiger partial charge in [-0.05, 0) is 36.4 Å². The van der Waals surface area contributed by atoms with E-state index in [2.05, 4.69) is 26.1 Å². The summed E-state index contributed by atoms with van der Waals surface area (Å²) in [5.41, 5.74) is 8.06. The van der Waals surface area contributed by atoms with E-state index in [1.54, 1.807) is 60.9 Å². The molecule has 0 unspecified atom stereocenters. The first-order valence-corrected chi connectivity index (χ1v) is 10.4. The van der Waals surface area contributed by atoms with Crippen molar-refractivity contribution in [1.29, 1.82) is 0 Å². The topological polar surface area (TPSA) is 96.0 Å². The number of halogens is 2. The molecule has 0 fully saturated rings. The lowest BCUT2D eigenvalue weighted by Crippen LogP contribution is -2.31. The Morgan fingerprint density at radius 1 is 0.812 bits per heavy atom. The molecule has 0 bridgehead atoms. The van der Waals surface area contributed by atoms with E-state index in [1.165, 1.54) is 0 Å². The molecule has 2 amide bonds. The van der Waals surface area contributed by atoms with Gasteiger partial charge in [-0.3, -0.25) is 30.4 Å². The quantitative estimate of drug-likeness (QED) is 0.352. The molecule has 0 spiro atoms. The number of fused-ring (bicyclic) bond motifs is 1. The van der Waals surface area contributed by atoms with Gasteiger partial charge in [-0.1, -0.05) is 47.5 Å². The van der Waals surface area contributed by atoms with Crippen molar-refractivity contribution in [3.05, 3.63) is 94.4 Å². The van der Waals surface area contributed by atoms with E-state index in [1.807, 2.05) is 12.1 Å². The minimum absolute atomic E-state index is 0.136. The molecule has 0 saturated heterocycles. The molecule has 9 heteroatoms. The molecule has 0 aliphatic carbocycles. The third kappa shape index (κ3) is 4.80. The van der Waals surface area contributed by atoms with Crippen LogP contribution in [0.15, 0.2) is 73.1 Å². The van der Waals surface area contributed by atoms with Gasteiger partial charge < -0.3 is 5.32 Å². The van der Waals surface area contributed by atoms with E-state index in [0.29, 0.717) is 28.0 Å². The van der Waals surface area contributed by atoms with Gasteiger partial charge in [0, 0.05) is 23.5 Å². The molecular formula is C23H17Cl2N5O2. The van der Waals surface area contributed by atoms with E-state index in [4.69, 9.17) is 23.2 Å². The fraction of sp³-hybridized carbons (Fsp3) is 0.0435. The van der Waals surface area contributed by atoms with Crippen molar-refractivity contribution in [1.82, 2.24) is 15.4 Å². The predicted molar refractivity (Wildman–Crippen MR) is 126 cm³/mol. The number of amides is 2. The highest BCUT2D eigenvalue weighted by Crippen LogP contribution is 2.29. The van der Waals surface area contributed by atoms with Crippen LogP contribution in [0, 0.1) is 0 Å². The van der Waals surface area contributed by atoms with Crippen molar-refractivity contribution >= 4 is 57.3 Å². The second-order valence-corrected chi connectivity index (χ2v) is 7.60. The summed E-state index contributed by atoms with van der Waals surface area (Å²) >= 11 is 12.3. The molecule has 0 saturated carbocycles. The number of rotatable bonds is 6. The van der Waals surface area contributed by atoms with Gasteiger partial charge in [0.15, 0.2) is 0 Å². The van der Waals surface area contributed by atoms with Crippen LogP contribution in [0.4, 0.5) is 11.4 Å². The van der Waals surface area contributed by atoms with Crippen LogP contribution >= 0.6 is 23.2 Å². The third-order valence-corrected chi connectivity index (χ3v) is 5.24. The Kier molecular flexibility index (Phi) is 6.49. The van der Waals surface area contributed by atoms with E-state index in [-0.39, 0.29) is 27.9 Å². The molecular weight excluding hydrogens is 449 g/mol. The number of pyridine rings is 2. The average Bonchev–Trinajstić information content (AvgIpc) is 2.78. The van der Waals surface area contributed by atoms with E-state index >= 15 is 0 Å². The monoisotopic (exact) mass is 465 g/mol. The molecule has 0 radical (unpaired) electrons. The lowest BCUT2D eigenvalue weighted by Gasteiger charge is -2.14. The van der Waals surface area contributed by atoms with Crippen LogP contribution in [0.1, 0.15) is 16.1 Å². The Labute approximate surface area is 193 Å². The first kappa shape index (κ1) is 21.5. The minimum atomic E-state index is -0.447. The number of carbonyl (C=O) groups is 2. The van der Waals surface area contributed by atoms with Gasteiger partial charge >= 0.3 is 0 Å². The maximum absolute atomic E-state index is 12.8. The Morgan fingerprint density at radius 2 is 1.59 bits per heavy atom. The molecule has 160 valence electrons. The van der Waals surface area contributed by atoms with Gasteiger partial charge in [-0.15, -0.1) is 0 Å².